The van der Waals surface area contributed by atoms with Crippen molar-refractivity contribution in [3.63, 3.8) is 0 Å². The first-order valence-corrected chi connectivity index (χ1v) is 6.84. The Hall–Kier alpha value is -1.45. The predicted molar refractivity (Wildman–Crippen MR) is 67.4 cm³/mol. The van der Waals surface area contributed by atoms with Gasteiger partial charge in [0.2, 0.25) is 5.91 Å². The first kappa shape index (κ1) is 12.6. The highest BCUT2D eigenvalue weighted by atomic mass is 19.1. The largest absolute Gasteiger partial charge is 0.356 e. The monoisotopic (exact) mass is 265 g/mol. The van der Waals surface area contributed by atoms with Crippen LogP contribution in [0.15, 0.2) is 18.2 Å². The third kappa shape index (κ3) is 2.94. The van der Waals surface area contributed by atoms with Crippen molar-refractivity contribution in [2.75, 3.05) is 6.54 Å². The summed E-state index contributed by atoms with van der Waals surface area (Å²) >= 11 is 0. The second-order valence-corrected chi connectivity index (χ2v) is 5.74. The van der Waals surface area contributed by atoms with Gasteiger partial charge in [0.25, 0.3) is 0 Å². The fourth-order valence-corrected chi connectivity index (χ4v) is 3.16. The molecule has 2 atom stereocenters. The standard InChI is InChI=1S/C15H17F2NO/c16-13-3-9(4-14(17)8-13)1-2-18-15(19)12-6-10-5-11(10)7-12/h3-4,8,10-12H,1-2,5-7H2,(H,18,19). The molecule has 2 aliphatic carbocycles. The molecule has 2 saturated carbocycles. The van der Waals surface area contributed by atoms with Gasteiger partial charge in [-0.3, -0.25) is 4.79 Å². The molecule has 2 nitrogen and oxygen atoms in total. The number of rotatable bonds is 4. The molecule has 0 spiro atoms. The molecule has 0 aromatic heterocycles. The van der Waals surface area contributed by atoms with E-state index in [4.69, 9.17) is 0 Å². The molecule has 1 N–H and O–H groups in total. The summed E-state index contributed by atoms with van der Waals surface area (Å²) < 4.78 is 26.0. The molecule has 1 aromatic rings. The number of halogens is 2. The van der Waals surface area contributed by atoms with Crippen molar-refractivity contribution in [1.29, 1.82) is 0 Å². The van der Waals surface area contributed by atoms with E-state index in [1.165, 1.54) is 18.6 Å². The SMILES string of the molecule is O=C(NCCc1cc(F)cc(F)c1)C1CC2CC2C1. The Morgan fingerprint density at radius 1 is 1.11 bits per heavy atom. The molecule has 0 saturated heterocycles. The molecule has 19 heavy (non-hydrogen) atoms. The van der Waals surface area contributed by atoms with Crippen LogP contribution in [-0.2, 0) is 11.2 Å². The number of carbonyl (C=O) groups is 1. The lowest BCUT2D eigenvalue weighted by atomic mass is 10.0. The number of benzene rings is 1. The zero-order valence-corrected chi connectivity index (χ0v) is 10.7. The fraction of sp³-hybridized carbons (Fsp3) is 0.533. The topological polar surface area (TPSA) is 29.1 Å². The molecule has 0 radical (unpaired) electrons. The Kier molecular flexibility index (Phi) is 3.25. The van der Waals surface area contributed by atoms with Crippen molar-refractivity contribution < 1.29 is 13.6 Å². The number of carbonyl (C=O) groups excluding carboxylic acids is 1. The van der Waals surface area contributed by atoms with Crippen LogP contribution in [-0.4, -0.2) is 12.5 Å². The van der Waals surface area contributed by atoms with Gasteiger partial charge in [0, 0.05) is 18.5 Å². The van der Waals surface area contributed by atoms with E-state index < -0.39 is 11.6 Å². The molecule has 2 aliphatic rings. The maximum absolute atomic E-state index is 13.0. The minimum Gasteiger partial charge on any atom is -0.356 e. The van der Waals surface area contributed by atoms with Crippen molar-refractivity contribution in [1.82, 2.24) is 5.32 Å². The van der Waals surface area contributed by atoms with E-state index in [1.54, 1.807) is 0 Å². The van der Waals surface area contributed by atoms with Gasteiger partial charge < -0.3 is 5.32 Å². The van der Waals surface area contributed by atoms with Gasteiger partial charge in [-0.2, -0.15) is 0 Å². The second kappa shape index (κ2) is 4.91. The number of hydrogen-bond acceptors (Lipinski definition) is 1. The number of hydrogen-bond donors (Lipinski definition) is 1. The van der Waals surface area contributed by atoms with Gasteiger partial charge in [0.1, 0.15) is 11.6 Å². The third-order valence-electron chi connectivity index (χ3n) is 4.25. The first-order chi connectivity index (χ1) is 9.11. The smallest absolute Gasteiger partial charge is 0.223 e. The van der Waals surface area contributed by atoms with Crippen LogP contribution in [0, 0.1) is 29.4 Å². The van der Waals surface area contributed by atoms with E-state index in [9.17, 15) is 13.6 Å². The van der Waals surface area contributed by atoms with Crippen LogP contribution in [0.1, 0.15) is 24.8 Å². The van der Waals surface area contributed by atoms with Crippen molar-refractivity contribution in [2.24, 2.45) is 17.8 Å². The maximum atomic E-state index is 13.0. The number of nitrogens with one attached hydrogen (secondary N) is 1. The Labute approximate surface area is 111 Å². The molecule has 0 bridgehead atoms. The minimum atomic E-state index is -0.572. The maximum Gasteiger partial charge on any atom is 0.223 e. The zero-order valence-electron chi connectivity index (χ0n) is 10.7. The average Bonchev–Trinajstić information content (AvgIpc) is 2.95. The lowest BCUT2D eigenvalue weighted by Crippen LogP contribution is -2.31. The molecule has 1 amide bonds. The Balaban J connectivity index is 1.46. The summed E-state index contributed by atoms with van der Waals surface area (Å²) in [6.07, 6.45) is 3.79. The Morgan fingerprint density at radius 2 is 1.74 bits per heavy atom. The van der Waals surface area contributed by atoms with Gasteiger partial charge >= 0.3 is 0 Å². The van der Waals surface area contributed by atoms with Crippen LogP contribution in [0.3, 0.4) is 0 Å². The van der Waals surface area contributed by atoms with Gasteiger partial charge in [0.15, 0.2) is 0 Å². The Bertz CT molecular complexity index is 473. The summed E-state index contributed by atoms with van der Waals surface area (Å²) in [6, 6.07) is 3.47. The normalized spacial score (nSPS) is 28.0. The van der Waals surface area contributed by atoms with Crippen molar-refractivity contribution in [2.45, 2.75) is 25.7 Å². The molecule has 4 heteroatoms. The second-order valence-electron chi connectivity index (χ2n) is 5.74. The molecule has 102 valence electrons. The van der Waals surface area contributed by atoms with Crippen LogP contribution in [0.4, 0.5) is 8.78 Å². The molecule has 1 aromatic carbocycles. The number of amides is 1. The van der Waals surface area contributed by atoms with Crippen LogP contribution in [0.5, 0.6) is 0 Å². The lowest BCUT2D eigenvalue weighted by Gasteiger charge is -2.12. The molecule has 0 heterocycles. The van der Waals surface area contributed by atoms with Crippen LogP contribution < -0.4 is 5.32 Å². The highest BCUT2D eigenvalue weighted by Crippen LogP contribution is 2.54. The van der Waals surface area contributed by atoms with Gasteiger partial charge in [-0.05, 0) is 55.2 Å². The summed E-state index contributed by atoms with van der Waals surface area (Å²) in [5, 5.41) is 2.87. The molecule has 2 fully saturated rings. The van der Waals surface area contributed by atoms with E-state index in [0.717, 1.165) is 30.7 Å². The third-order valence-corrected chi connectivity index (χ3v) is 4.25. The van der Waals surface area contributed by atoms with Crippen LogP contribution in [0.2, 0.25) is 0 Å². The van der Waals surface area contributed by atoms with Crippen molar-refractivity contribution >= 4 is 5.91 Å². The molecule has 0 aliphatic heterocycles. The van der Waals surface area contributed by atoms with Gasteiger partial charge in [-0.25, -0.2) is 8.78 Å². The fourth-order valence-electron chi connectivity index (χ4n) is 3.16. The molecular formula is C15H17F2NO. The first-order valence-electron chi connectivity index (χ1n) is 6.84. The lowest BCUT2D eigenvalue weighted by molar-refractivity contribution is -0.125. The van der Waals surface area contributed by atoms with Gasteiger partial charge in [0.05, 0.1) is 0 Å². The van der Waals surface area contributed by atoms with Gasteiger partial charge in [-0.15, -0.1) is 0 Å². The van der Waals surface area contributed by atoms with E-state index >= 15 is 0 Å². The minimum absolute atomic E-state index is 0.101. The van der Waals surface area contributed by atoms with Crippen molar-refractivity contribution in [3.8, 4) is 0 Å². The van der Waals surface area contributed by atoms with E-state index in [2.05, 4.69) is 5.32 Å². The van der Waals surface area contributed by atoms with Crippen LogP contribution >= 0.6 is 0 Å². The summed E-state index contributed by atoms with van der Waals surface area (Å²) in [5.41, 5.74) is 0.576. The average molecular weight is 265 g/mol. The highest BCUT2D eigenvalue weighted by Gasteiger charge is 2.47. The zero-order chi connectivity index (χ0) is 13.4. The summed E-state index contributed by atoms with van der Waals surface area (Å²) in [5.74, 6) is 0.688. The van der Waals surface area contributed by atoms with Crippen LogP contribution in [0.25, 0.3) is 0 Å². The summed E-state index contributed by atoms with van der Waals surface area (Å²) in [6.45, 7) is 0.438. The number of fused-ring (bicyclic) bond motifs is 1. The van der Waals surface area contributed by atoms with E-state index in [0.29, 0.717) is 18.5 Å². The molecular weight excluding hydrogens is 248 g/mol. The van der Waals surface area contributed by atoms with E-state index in [1.807, 2.05) is 0 Å². The summed E-state index contributed by atoms with van der Waals surface area (Å²) in [7, 11) is 0. The van der Waals surface area contributed by atoms with Crippen molar-refractivity contribution in [3.05, 3.63) is 35.4 Å². The highest BCUT2D eigenvalue weighted by molar-refractivity contribution is 5.79. The predicted octanol–water partition coefficient (Wildman–Crippen LogP) is 2.67. The van der Waals surface area contributed by atoms with Gasteiger partial charge in [-0.1, -0.05) is 0 Å². The Morgan fingerprint density at radius 3 is 2.37 bits per heavy atom. The molecule has 2 unspecified atom stereocenters. The molecule has 3 rings (SSSR count). The summed E-state index contributed by atoms with van der Waals surface area (Å²) in [4.78, 5) is 11.9. The quantitative estimate of drug-likeness (QED) is 0.891. The van der Waals surface area contributed by atoms with E-state index in [-0.39, 0.29) is 11.8 Å².